The van der Waals surface area contributed by atoms with Crippen LogP contribution >= 0.6 is 0 Å². The van der Waals surface area contributed by atoms with Crippen molar-refractivity contribution in [1.82, 2.24) is 15.2 Å². The molecule has 0 aliphatic heterocycles. The van der Waals surface area contributed by atoms with Gasteiger partial charge in [-0.05, 0) is 55.0 Å². The molecule has 2 aromatic carbocycles. The lowest BCUT2D eigenvalue weighted by atomic mass is 9.96. The summed E-state index contributed by atoms with van der Waals surface area (Å²) in [5.74, 6) is -0.234. The Morgan fingerprint density at radius 1 is 1.19 bits per heavy atom. The summed E-state index contributed by atoms with van der Waals surface area (Å²) >= 11 is 0. The molecular formula is C20H19FN4O. The predicted octanol–water partition coefficient (Wildman–Crippen LogP) is 3.74. The number of carbonyl (C=O) groups is 1. The number of carbonyl (C=O) groups excluding carboxylic acids is 1. The molecule has 0 radical (unpaired) electrons. The number of benzene rings is 2. The summed E-state index contributed by atoms with van der Waals surface area (Å²) in [5.41, 5.74) is 3.36. The first-order valence-corrected chi connectivity index (χ1v) is 8.73. The number of H-pyrrole nitrogens is 1. The Bertz CT molecular complexity index is 923. The van der Waals surface area contributed by atoms with Crippen LogP contribution in [-0.4, -0.2) is 21.1 Å². The minimum atomic E-state index is -0.462. The molecule has 1 unspecified atom stereocenters. The molecule has 26 heavy (non-hydrogen) atoms. The summed E-state index contributed by atoms with van der Waals surface area (Å²) in [5, 5.41) is 9.30. The molecule has 2 N–H and O–H groups in total. The summed E-state index contributed by atoms with van der Waals surface area (Å²) in [7, 11) is 0. The number of aromatic amines is 1. The van der Waals surface area contributed by atoms with E-state index in [4.69, 9.17) is 0 Å². The molecule has 3 aromatic rings. The average Bonchev–Trinajstić information content (AvgIpc) is 3.09. The van der Waals surface area contributed by atoms with Gasteiger partial charge in [-0.15, -0.1) is 0 Å². The first-order valence-electron chi connectivity index (χ1n) is 8.73. The molecule has 0 fully saturated rings. The van der Waals surface area contributed by atoms with Crippen molar-refractivity contribution in [3.8, 4) is 11.4 Å². The summed E-state index contributed by atoms with van der Waals surface area (Å²) in [6.45, 7) is 0. The third-order valence-corrected chi connectivity index (χ3v) is 4.87. The molecule has 5 nitrogen and oxygen atoms in total. The van der Waals surface area contributed by atoms with Gasteiger partial charge in [0.1, 0.15) is 12.1 Å². The van der Waals surface area contributed by atoms with Crippen molar-refractivity contribution in [3.63, 3.8) is 0 Å². The predicted molar refractivity (Wildman–Crippen MR) is 97.0 cm³/mol. The summed E-state index contributed by atoms with van der Waals surface area (Å²) < 4.78 is 14.2. The number of aromatic nitrogens is 3. The van der Waals surface area contributed by atoms with Gasteiger partial charge in [0.25, 0.3) is 0 Å². The highest BCUT2D eigenvalue weighted by Crippen LogP contribution is 2.27. The Labute approximate surface area is 150 Å². The van der Waals surface area contributed by atoms with Gasteiger partial charge in [0, 0.05) is 11.5 Å². The van der Waals surface area contributed by atoms with E-state index in [-0.39, 0.29) is 17.5 Å². The van der Waals surface area contributed by atoms with E-state index in [1.54, 1.807) is 12.1 Å². The lowest BCUT2D eigenvalue weighted by Gasteiger charge is -2.16. The van der Waals surface area contributed by atoms with Crippen LogP contribution in [0.15, 0.2) is 48.8 Å². The summed E-state index contributed by atoms with van der Waals surface area (Å²) in [6.07, 6.45) is 4.81. The maximum Gasteiger partial charge on any atom is 0.227 e. The fourth-order valence-corrected chi connectivity index (χ4v) is 3.48. The molecule has 0 bridgehead atoms. The largest absolute Gasteiger partial charge is 0.323 e. The van der Waals surface area contributed by atoms with Gasteiger partial charge in [0.05, 0.1) is 5.69 Å². The molecule has 132 valence electrons. The normalized spacial score (nSPS) is 16.6. The van der Waals surface area contributed by atoms with Crippen LogP contribution in [0.3, 0.4) is 0 Å². The van der Waals surface area contributed by atoms with Crippen LogP contribution in [0.25, 0.3) is 11.4 Å². The molecule has 4 rings (SSSR count). The Hall–Kier alpha value is -3.02. The van der Waals surface area contributed by atoms with E-state index in [0.29, 0.717) is 17.8 Å². The van der Waals surface area contributed by atoms with Gasteiger partial charge in [-0.1, -0.05) is 24.3 Å². The number of nitrogens with zero attached hydrogens (tertiary/aromatic N) is 2. The van der Waals surface area contributed by atoms with Crippen molar-refractivity contribution in [2.75, 3.05) is 5.32 Å². The highest BCUT2D eigenvalue weighted by Gasteiger charge is 2.23. The van der Waals surface area contributed by atoms with E-state index in [1.807, 2.05) is 12.1 Å². The van der Waals surface area contributed by atoms with Gasteiger partial charge < -0.3 is 5.32 Å². The summed E-state index contributed by atoms with van der Waals surface area (Å²) in [4.78, 5) is 16.8. The molecule has 1 amide bonds. The van der Waals surface area contributed by atoms with E-state index >= 15 is 0 Å². The number of hydrogen-bond donors (Lipinski definition) is 2. The topological polar surface area (TPSA) is 70.7 Å². The van der Waals surface area contributed by atoms with Crippen LogP contribution < -0.4 is 5.32 Å². The van der Waals surface area contributed by atoms with Crippen LogP contribution in [-0.2, 0) is 17.6 Å². The van der Waals surface area contributed by atoms with Crippen molar-refractivity contribution in [2.24, 2.45) is 5.92 Å². The smallest absolute Gasteiger partial charge is 0.227 e. The number of rotatable bonds is 3. The molecule has 1 aliphatic carbocycles. The fraction of sp³-hybridized carbons (Fsp3) is 0.250. The highest BCUT2D eigenvalue weighted by atomic mass is 19.1. The van der Waals surface area contributed by atoms with Crippen molar-refractivity contribution < 1.29 is 9.18 Å². The van der Waals surface area contributed by atoms with E-state index in [0.717, 1.165) is 19.3 Å². The Balaban J connectivity index is 1.54. The Morgan fingerprint density at radius 3 is 2.85 bits per heavy atom. The molecule has 6 heteroatoms. The fourth-order valence-electron chi connectivity index (χ4n) is 3.48. The van der Waals surface area contributed by atoms with Gasteiger partial charge in [0.2, 0.25) is 5.91 Å². The Morgan fingerprint density at radius 2 is 2.04 bits per heavy atom. The zero-order valence-corrected chi connectivity index (χ0v) is 14.2. The molecule has 0 saturated heterocycles. The monoisotopic (exact) mass is 350 g/mol. The van der Waals surface area contributed by atoms with Crippen LogP contribution in [0.2, 0.25) is 0 Å². The maximum atomic E-state index is 14.2. The van der Waals surface area contributed by atoms with Crippen molar-refractivity contribution >= 4 is 11.6 Å². The number of amides is 1. The molecule has 1 aromatic heterocycles. The van der Waals surface area contributed by atoms with Crippen LogP contribution in [0.4, 0.5) is 10.1 Å². The first kappa shape index (κ1) is 16.4. The lowest BCUT2D eigenvalue weighted by Crippen LogP contribution is -2.24. The van der Waals surface area contributed by atoms with Gasteiger partial charge >= 0.3 is 0 Å². The standard InChI is InChI=1S/C20H19FN4O/c21-17-9-8-15(19-22-12-23-25-19)11-18(17)24-20(26)16-7-3-6-13-4-1-2-5-14(13)10-16/h1-2,4-5,8-9,11-12,16H,3,6-7,10H2,(H,24,26)(H,22,23,25). The third kappa shape index (κ3) is 3.35. The second-order valence-electron chi connectivity index (χ2n) is 6.58. The minimum Gasteiger partial charge on any atom is -0.323 e. The molecule has 0 spiro atoms. The summed E-state index contributed by atoms with van der Waals surface area (Å²) in [6, 6.07) is 12.7. The molecule has 0 saturated carbocycles. The van der Waals surface area contributed by atoms with Gasteiger partial charge in [-0.2, -0.15) is 5.10 Å². The van der Waals surface area contributed by atoms with Gasteiger partial charge in [-0.25, -0.2) is 9.37 Å². The first-order chi connectivity index (χ1) is 12.7. The zero-order chi connectivity index (χ0) is 17.9. The van der Waals surface area contributed by atoms with E-state index in [9.17, 15) is 9.18 Å². The number of anilines is 1. The molecule has 1 aliphatic rings. The van der Waals surface area contributed by atoms with Crippen molar-refractivity contribution in [1.29, 1.82) is 0 Å². The second-order valence-corrected chi connectivity index (χ2v) is 6.58. The number of halogens is 1. The molecule has 1 atom stereocenters. The number of fused-ring (bicyclic) bond motifs is 1. The third-order valence-electron chi connectivity index (χ3n) is 4.87. The Kier molecular flexibility index (Phi) is 4.48. The number of nitrogens with one attached hydrogen (secondary N) is 2. The molecular weight excluding hydrogens is 331 g/mol. The van der Waals surface area contributed by atoms with E-state index in [2.05, 4.69) is 32.6 Å². The minimum absolute atomic E-state index is 0.143. The number of aryl methyl sites for hydroxylation is 1. The van der Waals surface area contributed by atoms with E-state index in [1.165, 1.54) is 23.5 Å². The van der Waals surface area contributed by atoms with Gasteiger partial charge in [0.15, 0.2) is 5.82 Å². The van der Waals surface area contributed by atoms with Crippen LogP contribution in [0.1, 0.15) is 24.0 Å². The van der Waals surface area contributed by atoms with Crippen LogP contribution in [0, 0.1) is 11.7 Å². The maximum absolute atomic E-state index is 14.2. The van der Waals surface area contributed by atoms with Gasteiger partial charge in [-0.3, -0.25) is 9.89 Å². The SMILES string of the molecule is O=C(Nc1cc(-c2ncn[nH]2)ccc1F)C1CCCc2ccccc2C1. The van der Waals surface area contributed by atoms with E-state index < -0.39 is 5.82 Å². The second kappa shape index (κ2) is 7.07. The average molecular weight is 350 g/mol. The van der Waals surface area contributed by atoms with Crippen LogP contribution in [0.5, 0.6) is 0 Å². The zero-order valence-electron chi connectivity index (χ0n) is 14.2. The quantitative estimate of drug-likeness (QED) is 0.707. The lowest BCUT2D eigenvalue weighted by molar-refractivity contribution is -0.120. The highest BCUT2D eigenvalue weighted by molar-refractivity contribution is 5.93. The number of hydrogen-bond acceptors (Lipinski definition) is 3. The molecule has 1 heterocycles. The van der Waals surface area contributed by atoms with Crippen molar-refractivity contribution in [2.45, 2.75) is 25.7 Å². The van der Waals surface area contributed by atoms with Crippen molar-refractivity contribution in [3.05, 3.63) is 65.7 Å².